The van der Waals surface area contributed by atoms with E-state index in [-0.39, 0.29) is 132 Å². The summed E-state index contributed by atoms with van der Waals surface area (Å²) in [7, 11) is 5.35. The number of allylic oxidation sites excluding steroid dienone is 1. The van der Waals surface area contributed by atoms with Crippen LogP contribution in [0, 0.1) is 35.5 Å². The number of Topliss-reactive ketones (excluding diaryl/α,β-unsaturated/α-hetero) is 1. The Hall–Kier alpha value is -6.29. The maximum absolute atomic E-state index is 14.4. The Morgan fingerprint density at radius 2 is 1.51 bits per heavy atom. The summed E-state index contributed by atoms with van der Waals surface area (Å²) in [6.45, 7) is 20.0. The number of hydrogen-bond acceptors (Lipinski definition) is 18. The van der Waals surface area contributed by atoms with Gasteiger partial charge in [-0.1, -0.05) is 53.7 Å². The van der Waals surface area contributed by atoms with Crippen molar-refractivity contribution in [2.24, 2.45) is 23.7 Å². The number of thiazole rings is 1. The molecule has 1 aliphatic heterocycles. The SMILES string of the molecule is C=C1C#CC(=O)NCCOCCOCCC(=O)Oc2ccc(C[C@@H](CC(C)C(=O)O)NC(=O)c3csc([C@@H](C[C@H](C(C)C)N(C)C(=O)[C@@H](CC(=O)C(C)(C)N(C)C)[C@@H](C)CC)OC(C)=O)n3)cc2NC(=O)CCOCCOCCN1. The summed E-state index contributed by atoms with van der Waals surface area (Å²) in [5.41, 5.74) is 0.221. The number of likely N-dealkylation sites (N-methyl/N-ethyl adjacent to an activating group) is 1. The number of carbonyl (C=O) groups excluding carboxylic acids is 7. The molecule has 4 amide bonds. The third kappa shape index (κ3) is 23.8. The van der Waals surface area contributed by atoms with Gasteiger partial charge in [-0.3, -0.25) is 43.3 Å². The van der Waals surface area contributed by atoms with E-state index in [2.05, 4.69) is 44.7 Å². The van der Waals surface area contributed by atoms with Crippen molar-refractivity contribution >= 4 is 64.3 Å². The Kier molecular flexibility index (Phi) is 29.5. The molecule has 2 aromatic rings. The van der Waals surface area contributed by atoms with Crippen LogP contribution in [0.3, 0.4) is 0 Å². The van der Waals surface area contributed by atoms with E-state index in [1.807, 2.05) is 60.5 Å². The van der Waals surface area contributed by atoms with Crippen molar-refractivity contribution in [2.45, 2.75) is 124 Å². The summed E-state index contributed by atoms with van der Waals surface area (Å²) in [5.74, 6) is -0.813. The summed E-state index contributed by atoms with van der Waals surface area (Å²) < 4.78 is 33.7. The molecule has 0 saturated carbocycles. The molecule has 2 heterocycles. The molecule has 3 rings (SSSR count). The number of carboxylic acid groups (broad SMARTS) is 1. The first kappa shape index (κ1) is 68.0. The first-order chi connectivity index (χ1) is 37.8. The molecular weight excluding hydrogens is 1050 g/mol. The number of aliphatic carboxylic acids is 1. The van der Waals surface area contributed by atoms with E-state index in [9.17, 15) is 43.5 Å². The minimum Gasteiger partial charge on any atom is -0.481 e. The zero-order valence-electron chi connectivity index (χ0n) is 48.5. The lowest BCUT2D eigenvalue weighted by molar-refractivity contribution is -0.150. The van der Waals surface area contributed by atoms with Crippen molar-refractivity contribution in [2.75, 3.05) is 92.4 Å². The average Bonchev–Trinajstić information content (AvgIpc) is 3.94. The summed E-state index contributed by atoms with van der Waals surface area (Å²) in [6, 6.07) is 3.43. The zero-order valence-corrected chi connectivity index (χ0v) is 49.3. The van der Waals surface area contributed by atoms with Gasteiger partial charge in [0.05, 0.1) is 88.5 Å². The number of nitrogens with one attached hydrogen (secondary N) is 4. The molecule has 0 radical (unpaired) electrons. The Balaban J connectivity index is 1.85. The van der Waals surface area contributed by atoms with Crippen LogP contribution < -0.4 is 26.0 Å². The van der Waals surface area contributed by atoms with Crippen molar-refractivity contribution in [3.8, 4) is 17.6 Å². The number of nitrogens with zero attached hydrogens (tertiary/aromatic N) is 3. The second kappa shape index (κ2) is 34.8. The molecule has 5 N–H and O–H groups in total. The Bertz CT molecular complexity index is 2470. The number of anilines is 1. The maximum Gasteiger partial charge on any atom is 0.313 e. The van der Waals surface area contributed by atoms with Crippen LogP contribution in [0.1, 0.15) is 121 Å². The van der Waals surface area contributed by atoms with Gasteiger partial charge in [-0.15, -0.1) is 11.3 Å². The van der Waals surface area contributed by atoms with Crippen LogP contribution in [0.4, 0.5) is 5.69 Å². The molecule has 0 saturated heterocycles. The van der Waals surface area contributed by atoms with Gasteiger partial charge in [-0.25, -0.2) is 4.98 Å². The number of ether oxygens (including phenoxy) is 6. The second-order valence-corrected chi connectivity index (χ2v) is 21.7. The fourth-order valence-electron chi connectivity index (χ4n) is 8.21. The largest absolute Gasteiger partial charge is 0.481 e. The molecule has 0 bridgehead atoms. The van der Waals surface area contributed by atoms with Gasteiger partial charge in [0.2, 0.25) is 11.8 Å². The Labute approximate surface area is 475 Å². The number of ketones is 1. The van der Waals surface area contributed by atoms with E-state index in [0.717, 1.165) is 11.3 Å². The number of rotatable bonds is 20. The molecule has 80 heavy (non-hydrogen) atoms. The molecule has 22 nitrogen and oxygen atoms in total. The molecule has 6 atom stereocenters. The molecule has 0 spiro atoms. The smallest absolute Gasteiger partial charge is 0.313 e. The van der Waals surface area contributed by atoms with Gasteiger partial charge in [0.25, 0.3) is 11.8 Å². The highest BCUT2D eigenvalue weighted by Crippen LogP contribution is 2.34. The van der Waals surface area contributed by atoms with E-state index >= 15 is 0 Å². The Morgan fingerprint density at radius 3 is 2.11 bits per heavy atom. The minimum absolute atomic E-state index is 0.00238. The van der Waals surface area contributed by atoms with Crippen LogP contribution in [0.25, 0.3) is 0 Å². The van der Waals surface area contributed by atoms with Crippen LogP contribution in [-0.2, 0) is 63.7 Å². The fraction of sp³-hybridized carbons (Fsp3) is 0.632. The summed E-state index contributed by atoms with van der Waals surface area (Å²) >= 11 is 1.09. The lowest BCUT2D eigenvalue weighted by Gasteiger charge is -2.38. The van der Waals surface area contributed by atoms with Gasteiger partial charge in [-0.05, 0) is 76.2 Å². The van der Waals surface area contributed by atoms with E-state index in [4.69, 9.17) is 28.4 Å². The summed E-state index contributed by atoms with van der Waals surface area (Å²) in [6.07, 6.45) is -0.248. The van der Waals surface area contributed by atoms with Crippen LogP contribution >= 0.6 is 11.3 Å². The molecular formula is C57H85N7O15S. The van der Waals surface area contributed by atoms with Crippen LogP contribution in [0.15, 0.2) is 35.9 Å². The molecule has 1 aromatic carbocycles. The van der Waals surface area contributed by atoms with Gasteiger partial charge < -0.3 is 59.7 Å². The highest BCUT2D eigenvalue weighted by molar-refractivity contribution is 7.09. The molecule has 0 fully saturated rings. The predicted molar refractivity (Wildman–Crippen MR) is 300 cm³/mol. The molecule has 444 valence electrons. The van der Waals surface area contributed by atoms with Crippen LogP contribution in [0.2, 0.25) is 0 Å². The van der Waals surface area contributed by atoms with Gasteiger partial charge in [0.1, 0.15) is 10.7 Å². The van der Waals surface area contributed by atoms with Crippen molar-refractivity contribution in [3.05, 3.63) is 52.1 Å². The predicted octanol–water partition coefficient (Wildman–Crippen LogP) is 4.96. The van der Waals surface area contributed by atoms with E-state index < -0.39 is 71.2 Å². The number of carboxylic acids is 1. The third-order valence-corrected chi connectivity index (χ3v) is 14.7. The molecule has 23 heteroatoms. The van der Waals surface area contributed by atoms with Gasteiger partial charge in [0, 0.05) is 69.2 Å². The quantitative estimate of drug-likeness (QED) is 0.0665. The number of esters is 2. The van der Waals surface area contributed by atoms with Crippen LogP contribution in [0.5, 0.6) is 5.75 Å². The van der Waals surface area contributed by atoms with Gasteiger partial charge >= 0.3 is 17.9 Å². The van der Waals surface area contributed by atoms with Crippen molar-refractivity contribution in [1.29, 1.82) is 0 Å². The third-order valence-electron chi connectivity index (χ3n) is 13.8. The Morgan fingerprint density at radius 1 is 0.887 bits per heavy atom. The van der Waals surface area contributed by atoms with Crippen molar-refractivity contribution in [1.82, 2.24) is 30.7 Å². The van der Waals surface area contributed by atoms with Crippen LogP contribution in [-0.4, -0.2) is 172 Å². The molecule has 0 aliphatic carbocycles. The van der Waals surface area contributed by atoms with Gasteiger partial charge in [-0.2, -0.15) is 0 Å². The molecule has 1 unspecified atom stereocenters. The number of fused-ring (bicyclic) bond motifs is 1. The number of carbonyl (C=O) groups is 8. The highest BCUT2D eigenvalue weighted by Gasteiger charge is 2.39. The van der Waals surface area contributed by atoms with Gasteiger partial charge in [0.15, 0.2) is 17.6 Å². The number of amides is 4. The lowest BCUT2D eigenvalue weighted by atomic mass is 9.81. The highest BCUT2D eigenvalue weighted by atomic mass is 32.1. The number of aromatic nitrogens is 1. The fourth-order valence-corrected chi connectivity index (χ4v) is 9.05. The van der Waals surface area contributed by atoms with E-state index in [0.29, 0.717) is 35.8 Å². The van der Waals surface area contributed by atoms with E-state index in [1.54, 1.807) is 24.1 Å². The monoisotopic (exact) mass is 1140 g/mol. The number of hydrogen-bond donors (Lipinski definition) is 5. The average molecular weight is 1140 g/mol. The molecule has 1 aromatic heterocycles. The standard InChI is InChI=1S/C57H85N7O15S/c1-13-37(4)43(33-49(66)57(8,9)63(10)11)55(71)64(12)46(36(2)3)34-48(78-40(7)65)54-62-45(35-80-54)53(70)60-42(30-38(5)56(72)73)31-41-15-16-47-44(32-41)61-51(68)18-22-74-26-28-76-24-20-58-39(6)14-17-50(67)59-21-25-77-29-27-75-23-19-52(69)79-47/h15-16,32,35-38,42-43,46,48,58H,6,13,18-31,33-34H2,1-5,7-12H3,(H,59,67)(H,60,70)(H,61,68)(H,72,73)/t37-,38?,42+,43-,46+,48+/m0/s1. The lowest BCUT2D eigenvalue weighted by Crippen LogP contribution is -2.50. The first-order valence-corrected chi connectivity index (χ1v) is 28.0. The maximum atomic E-state index is 14.4. The molecule has 1 aliphatic rings. The van der Waals surface area contributed by atoms with Crippen molar-refractivity contribution < 1.29 is 71.9 Å². The second-order valence-electron chi connectivity index (χ2n) is 20.8. The zero-order chi connectivity index (χ0) is 59.5. The minimum atomic E-state index is -1.09. The topological polar surface area (TPSA) is 280 Å². The number of benzene rings is 1. The first-order valence-electron chi connectivity index (χ1n) is 27.1. The normalized spacial score (nSPS) is 17.6. The summed E-state index contributed by atoms with van der Waals surface area (Å²) in [5, 5.41) is 23.1. The van der Waals surface area contributed by atoms with Crippen molar-refractivity contribution in [3.63, 3.8) is 0 Å². The summed E-state index contributed by atoms with van der Waals surface area (Å²) in [4.78, 5) is 113. The van der Waals surface area contributed by atoms with E-state index in [1.165, 1.54) is 25.3 Å².